The molecule has 1 amide bonds. The Hall–Kier alpha value is -2.62. The molecule has 10 heteroatoms. The number of hydrogen-bond donors (Lipinski definition) is 3. The number of β-amino-alcohol motifs (C(OH)–C–C–N with tert-alkyl or cyclic N) is 1. The molecule has 1 aliphatic rings. The fourth-order valence-electron chi connectivity index (χ4n) is 3.23. The Morgan fingerprint density at radius 1 is 1.34 bits per heavy atom. The molecule has 0 spiro atoms. The van der Waals surface area contributed by atoms with Crippen LogP contribution in [-0.2, 0) is 0 Å². The summed E-state index contributed by atoms with van der Waals surface area (Å²) >= 11 is 6.13. The highest BCUT2D eigenvalue weighted by molar-refractivity contribution is 6.30. The molecule has 156 valence electrons. The topological polar surface area (TPSA) is 117 Å². The minimum atomic E-state index is -0.620. The summed E-state index contributed by atoms with van der Waals surface area (Å²) in [4.78, 5) is 23.6. The van der Waals surface area contributed by atoms with Crippen molar-refractivity contribution in [3.05, 3.63) is 41.2 Å². The van der Waals surface area contributed by atoms with Crippen molar-refractivity contribution in [1.29, 1.82) is 0 Å². The lowest BCUT2D eigenvalue weighted by atomic mass is 10.2. The zero-order valence-electron chi connectivity index (χ0n) is 16.2. The molecule has 3 rings (SSSR count). The van der Waals surface area contributed by atoms with Crippen LogP contribution in [0.25, 0.3) is 0 Å². The number of halogens is 1. The monoisotopic (exact) mass is 420 g/mol. The Morgan fingerprint density at radius 3 is 2.79 bits per heavy atom. The first-order chi connectivity index (χ1) is 14.0. The number of aromatic nitrogens is 2. The summed E-state index contributed by atoms with van der Waals surface area (Å²) < 4.78 is 5.44. The van der Waals surface area contributed by atoms with E-state index in [0.717, 1.165) is 37.6 Å². The van der Waals surface area contributed by atoms with Crippen LogP contribution < -0.4 is 20.7 Å². The molecule has 1 fully saturated rings. The zero-order valence-corrected chi connectivity index (χ0v) is 17.0. The average Bonchev–Trinajstić information content (AvgIpc) is 2.73. The molecule has 1 aromatic heterocycles. The van der Waals surface area contributed by atoms with Gasteiger partial charge >= 0.3 is 0 Å². The van der Waals surface area contributed by atoms with E-state index in [0.29, 0.717) is 11.6 Å². The fourth-order valence-corrected chi connectivity index (χ4v) is 3.40. The van der Waals surface area contributed by atoms with Crippen molar-refractivity contribution in [2.45, 2.75) is 6.10 Å². The maximum absolute atomic E-state index is 11.2. The number of aliphatic hydroxyl groups is 1. The van der Waals surface area contributed by atoms with E-state index in [-0.39, 0.29) is 18.2 Å². The van der Waals surface area contributed by atoms with Gasteiger partial charge in [-0.05, 0) is 24.3 Å². The Balaban J connectivity index is 1.47. The summed E-state index contributed by atoms with van der Waals surface area (Å²) in [6, 6.07) is 7.04. The molecule has 2 heterocycles. The predicted octanol–water partition coefficient (Wildman–Crippen LogP) is 0.833. The van der Waals surface area contributed by atoms with Gasteiger partial charge in [-0.15, -0.1) is 0 Å². The van der Waals surface area contributed by atoms with Crippen LogP contribution in [0.4, 0.5) is 11.6 Å². The molecule has 1 unspecified atom stereocenters. The SMILES string of the molecule is COc1ccc(Cl)cc1N1CCN(CC(O)CNc2nccc(C(N)=O)n2)CC1. The minimum absolute atomic E-state index is 0.129. The number of nitrogens with one attached hydrogen (secondary N) is 1. The molecule has 4 N–H and O–H groups in total. The number of ether oxygens (including phenoxy) is 1. The van der Waals surface area contributed by atoms with Crippen LogP contribution in [0.15, 0.2) is 30.5 Å². The van der Waals surface area contributed by atoms with E-state index in [1.807, 2.05) is 18.2 Å². The average molecular weight is 421 g/mol. The molecule has 2 aromatic rings. The predicted molar refractivity (Wildman–Crippen MR) is 112 cm³/mol. The van der Waals surface area contributed by atoms with E-state index in [1.165, 1.54) is 12.3 Å². The van der Waals surface area contributed by atoms with Gasteiger partial charge in [0, 0.05) is 50.5 Å². The lowest BCUT2D eigenvalue weighted by Crippen LogP contribution is -2.49. The van der Waals surface area contributed by atoms with Gasteiger partial charge < -0.3 is 25.8 Å². The van der Waals surface area contributed by atoms with Crippen LogP contribution in [0.1, 0.15) is 10.5 Å². The number of primary amides is 1. The first-order valence-electron chi connectivity index (χ1n) is 9.32. The second-order valence-corrected chi connectivity index (χ2v) is 7.20. The van der Waals surface area contributed by atoms with Crippen LogP contribution in [0, 0.1) is 0 Å². The molecule has 1 aliphatic heterocycles. The third kappa shape index (κ3) is 5.69. The first-order valence-corrected chi connectivity index (χ1v) is 9.69. The van der Waals surface area contributed by atoms with Crippen molar-refractivity contribution in [3.63, 3.8) is 0 Å². The van der Waals surface area contributed by atoms with Crippen LogP contribution >= 0.6 is 11.6 Å². The largest absolute Gasteiger partial charge is 0.495 e. The number of nitrogens with zero attached hydrogens (tertiary/aromatic N) is 4. The van der Waals surface area contributed by atoms with Gasteiger partial charge in [0.2, 0.25) is 5.95 Å². The second kappa shape index (κ2) is 9.73. The number of nitrogens with two attached hydrogens (primary N) is 1. The Morgan fingerprint density at radius 2 is 2.10 bits per heavy atom. The van der Waals surface area contributed by atoms with Gasteiger partial charge in [0.15, 0.2) is 0 Å². The maximum Gasteiger partial charge on any atom is 0.267 e. The number of rotatable bonds is 8. The highest BCUT2D eigenvalue weighted by Gasteiger charge is 2.21. The number of methoxy groups -OCH3 is 1. The standard InChI is InChI=1S/C19H25ClN6O3/c1-29-17-3-2-13(20)10-16(17)26-8-6-25(7-9-26)12-14(27)11-23-19-22-5-4-15(24-19)18(21)28/h2-5,10,14,27H,6-9,11-12H2,1H3,(H2,21,28)(H,22,23,24). The lowest BCUT2D eigenvalue weighted by molar-refractivity contribution is 0.0995. The van der Waals surface area contributed by atoms with E-state index in [9.17, 15) is 9.90 Å². The summed E-state index contributed by atoms with van der Waals surface area (Å²) in [5.41, 5.74) is 6.32. The van der Waals surface area contributed by atoms with E-state index in [2.05, 4.69) is 25.1 Å². The Labute approximate surface area is 174 Å². The summed E-state index contributed by atoms with van der Waals surface area (Å²) in [7, 11) is 1.65. The van der Waals surface area contributed by atoms with E-state index in [1.54, 1.807) is 7.11 Å². The van der Waals surface area contributed by atoms with Gasteiger partial charge in [0.25, 0.3) is 5.91 Å². The summed E-state index contributed by atoms with van der Waals surface area (Å²) in [5, 5.41) is 14.0. The van der Waals surface area contributed by atoms with E-state index in [4.69, 9.17) is 22.1 Å². The molecule has 0 bridgehead atoms. The first kappa shape index (κ1) is 21.1. The summed E-state index contributed by atoms with van der Waals surface area (Å²) in [5.74, 6) is 0.439. The van der Waals surface area contributed by atoms with Crippen molar-refractivity contribution < 1.29 is 14.6 Å². The minimum Gasteiger partial charge on any atom is -0.495 e. The van der Waals surface area contributed by atoms with Crippen LogP contribution in [-0.4, -0.2) is 78.4 Å². The molecule has 0 aliphatic carbocycles. The molecule has 29 heavy (non-hydrogen) atoms. The van der Waals surface area contributed by atoms with Crippen molar-refractivity contribution in [2.24, 2.45) is 5.73 Å². The number of anilines is 2. The number of carbonyl (C=O) groups excluding carboxylic acids is 1. The number of piperazine rings is 1. The van der Waals surface area contributed by atoms with Gasteiger partial charge in [0.05, 0.1) is 18.9 Å². The normalized spacial score (nSPS) is 15.8. The van der Waals surface area contributed by atoms with E-state index >= 15 is 0 Å². The highest BCUT2D eigenvalue weighted by Crippen LogP contribution is 2.31. The van der Waals surface area contributed by atoms with Crippen molar-refractivity contribution in [3.8, 4) is 5.75 Å². The third-order valence-electron chi connectivity index (χ3n) is 4.73. The summed E-state index contributed by atoms with van der Waals surface area (Å²) in [6.07, 6.45) is 0.841. The molecule has 0 saturated carbocycles. The Bertz CT molecular complexity index is 844. The maximum atomic E-state index is 11.2. The second-order valence-electron chi connectivity index (χ2n) is 6.77. The molecular formula is C19H25ClN6O3. The molecule has 9 nitrogen and oxygen atoms in total. The highest BCUT2D eigenvalue weighted by atomic mass is 35.5. The van der Waals surface area contributed by atoms with Gasteiger partial charge in [-0.3, -0.25) is 9.69 Å². The van der Waals surface area contributed by atoms with Gasteiger partial charge in [-0.1, -0.05) is 11.6 Å². The molecule has 1 saturated heterocycles. The van der Waals surface area contributed by atoms with Crippen LogP contribution in [0.5, 0.6) is 5.75 Å². The van der Waals surface area contributed by atoms with Gasteiger partial charge in [-0.2, -0.15) is 0 Å². The Kier molecular flexibility index (Phi) is 7.08. The van der Waals surface area contributed by atoms with Crippen molar-refractivity contribution in [1.82, 2.24) is 14.9 Å². The molecule has 1 aromatic carbocycles. The zero-order chi connectivity index (χ0) is 20.8. The summed E-state index contributed by atoms with van der Waals surface area (Å²) in [6.45, 7) is 4.01. The number of benzene rings is 1. The molecular weight excluding hydrogens is 396 g/mol. The molecule has 0 radical (unpaired) electrons. The fraction of sp³-hybridized carbons (Fsp3) is 0.421. The van der Waals surface area contributed by atoms with Crippen LogP contribution in [0.2, 0.25) is 5.02 Å². The number of amides is 1. The molecule has 1 atom stereocenters. The number of carbonyl (C=O) groups is 1. The third-order valence-corrected chi connectivity index (χ3v) is 4.96. The van der Waals surface area contributed by atoms with Crippen molar-refractivity contribution >= 4 is 29.1 Å². The van der Waals surface area contributed by atoms with Crippen LogP contribution in [0.3, 0.4) is 0 Å². The smallest absolute Gasteiger partial charge is 0.267 e. The van der Waals surface area contributed by atoms with Crippen molar-refractivity contribution in [2.75, 3.05) is 56.6 Å². The van der Waals surface area contributed by atoms with Gasteiger partial charge in [-0.25, -0.2) is 9.97 Å². The lowest BCUT2D eigenvalue weighted by Gasteiger charge is -2.37. The van der Waals surface area contributed by atoms with Gasteiger partial charge in [0.1, 0.15) is 11.4 Å². The number of aliphatic hydroxyl groups excluding tert-OH is 1. The quantitative estimate of drug-likeness (QED) is 0.575. The van der Waals surface area contributed by atoms with E-state index < -0.39 is 12.0 Å². The number of hydrogen-bond acceptors (Lipinski definition) is 8.